The fourth-order valence-electron chi connectivity index (χ4n) is 2.03. The zero-order chi connectivity index (χ0) is 14.3. The summed E-state index contributed by atoms with van der Waals surface area (Å²) in [6, 6.07) is 4.03. The Balaban J connectivity index is 2.32. The lowest BCUT2D eigenvalue weighted by atomic mass is 9.96. The van der Waals surface area contributed by atoms with Crippen LogP contribution in [0.3, 0.4) is 0 Å². The molecule has 0 spiro atoms. The van der Waals surface area contributed by atoms with Crippen molar-refractivity contribution in [2.24, 2.45) is 0 Å². The Hall–Kier alpha value is -1.63. The molecule has 0 saturated heterocycles. The Kier molecular flexibility index (Phi) is 3.25. The van der Waals surface area contributed by atoms with E-state index >= 15 is 0 Å². The average molecular weight is 287 g/mol. The molecule has 1 aromatic carbocycles. The number of methoxy groups -OCH3 is 1. The highest BCUT2D eigenvalue weighted by Gasteiger charge is 2.52. The molecule has 104 valence electrons. The summed E-state index contributed by atoms with van der Waals surface area (Å²) in [7, 11) is -2.24. The van der Waals surface area contributed by atoms with Gasteiger partial charge in [0.05, 0.1) is 24.5 Å². The third-order valence-electron chi connectivity index (χ3n) is 3.14. The first-order valence-electron chi connectivity index (χ1n) is 5.65. The van der Waals surface area contributed by atoms with Gasteiger partial charge in [0.1, 0.15) is 5.82 Å². The van der Waals surface area contributed by atoms with Crippen molar-refractivity contribution in [3.05, 3.63) is 29.6 Å². The van der Waals surface area contributed by atoms with E-state index in [2.05, 4.69) is 4.72 Å². The SMILES string of the molecule is COC(=O)C1(c2ccc(NS(C)(=O)=O)c(F)c2)CC1. The summed E-state index contributed by atoms with van der Waals surface area (Å²) >= 11 is 0. The maximum atomic E-state index is 13.8. The highest BCUT2D eigenvalue weighted by molar-refractivity contribution is 7.92. The molecule has 1 fully saturated rings. The summed E-state index contributed by atoms with van der Waals surface area (Å²) in [5.74, 6) is -1.10. The van der Waals surface area contributed by atoms with E-state index in [0.29, 0.717) is 18.4 Å². The second-order valence-electron chi connectivity index (χ2n) is 4.64. The Morgan fingerprint density at radius 1 is 1.42 bits per heavy atom. The van der Waals surface area contributed by atoms with Crippen molar-refractivity contribution < 1.29 is 22.3 Å². The minimum Gasteiger partial charge on any atom is -0.468 e. The Bertz CT molecular complexity index is 623. The van der Waals surface area contributed by atoms with Gasteiger partial charge in [-0.1, -0.05) is 6.07 Å². The van der Waals surface area contributed by atoms with Crippen LogP contribution in [0.4, 0.5) is 10.1 Å². The molecular formula is C12H14FNO4S. The molecule has 0 bridgehead atoms. The van der Waals surface area contributed by atoms with E-state index in [4.69, 9.17) is 4.74 Å². The Morgan fingerprint density at radius 2 is 2.05 bits per heavy atom. The molecule has 0 aliphatic heterocycles. The number of halogens is 1. The zero-order valence-corrected chi connectivity index (χ0v) is 11.4. The average Bonchev–Trinajstić information content (AvgIpc) is 3.10. The molecular weight excluding hydrogens is 273 g/mol. The van der Waals surface area contributed by atoms with Crippen LogP contribution in [0.25, 0.3) is 0 Å². The quantitative estimate of drug-likeness (QED) is 0.850. The van der Waals surface area contributed by atoms with Gasteiger partial charge in [0.25, 0.3) is 0 Å². The molecule has 0 aromatic heterocycles. The van der Waals surface area contributed by atoms with Gasteiger partial charge in [0.2, 0.25) is 10.0 Å². The molecule has 0 radical (unpaired) electrons. The lowest BCUT2D eigenvalue weighted by molar-refractivity contribution is -0.143. The molecule has 2 rings (SSSR count). The van der Waals surface area contributed by atoms with Crippen LogP contribution in [-0.4, -0.2) is 27.8 Å². The normalized spacial score (nSPS) is 16.8. The van der Waals surface area contributed by atoms with Crippen molar-refractivity contribution in [1.29, 1.82) is 0 Å². The molecule has 5 nitrogen and oxygen atoms in total. The lowest BCUT2D eigenvalue weighted by Crippen LogP contribution is -2.22. The van der Waals surface area contributed by atoms with Crippen LogP contribution >= 0.6 is 0 Å². The van der Waals surface area contributed by atoms with E-state index in [1.807, 2.05) is 0 Å². The van der Waals surface area contributed by atoms with Crippen LogP contribution in [0.2, 0.25) is 0 Å². The summed E-state index contributed by atoms with van der Waals surface area (Å²) in [5.41, 5.74) is -0.387. The lowest BCUT2D eigenvalue weighted by Gasteiger charge is -2.14. The zero-order valence-electron chi connectivity index (χ0n) is 10.6. The number of sulfonamides is 1. The van der Waals surface area contributed by atoms with Gasteiger partial charge in [-0.05, 0) is 30.5 Å². The van der Waals surface area contributed by atoms with E-state index in [-0.39, 0.29) is 5.69 Å². The number of ether oxygens (including phenoxy) is 1. The first-order chi connectivity index (χ1) is 8.78. The molecule has 0 atom stereocenters. The number of carbonyl (C=O) groups excluding carboxylic acids is 1. The number of benzene rings is 1. The number of hydrogen-bond acceptors (Lipinski definition) is 4. The molecule has 1 saturated carbocycles. The summed E-state index contributed by atoms with van der Waals surface area (Å²) in [5, 5.41) is 0. The van der Waals surface area contributed by atoms with E-state index in [9.17, 15) is 17.6 Å². The van der Waals surface area contributed by atoms with E-state index in [0.717, 1.165) is 6.26 Å². The van der Waals surface area contributed by atoms with E-state index in [1.54, 1.807) is 6.07 Å². The monoisotopic (exact) mass is 287 g/mol. The van der Waals surface area contributed by atoms with Crippen molar-refractivity contribution >= 4 is 21.7 Å². The van der Waals surface area contributed by atoms with Gasteiger partial charge in [-0.3, -0.25) is 9.52 Å². The molecule has 1 N–H and O–H groups in total. The van der Waals surface area contributed by atoms with Crippen molar-refractivity contribution in [1.82, 2.24) is 0 Å². The molecule has 7 heteroatoms. The van der Waals surface area contributed by atoms with Gasteiger partial charge in [-0.2, -0.15) is 0 Å². The first kappa shape index (κ1) is 13.8. The number of esters is 1. The number of carbonyl (C=O) groups is 1. The molecule has 0 heterocycles. The maximum Gasteiger partial charge on any atom is 0.316 e. The molecule has 1 aromatic rings. The topological polar surface area (TPSA) is 72.5 Å². The minimum absolute atomic E-state index is 0.132. The molecule has 0 unspecified atom stereocenters. The van der Waals surface area contributed by atoms with Crippen LogP contribution in [-0.2, 0) is 25.0 Å². The van der Waals surface area contributed by atoms with Crippen LogP contribution in [0.15, 0.2) is 18.2 Å². The number of rotatable bonds is 4. The predicted molar refractivity (Wildman–Crippen MR) is 67.8 cm³/mol. The highest BCUT2D eigenvalue weighted by Crippen LogP contribution is 2.49. The molecule has 1 aliphatic carbocycles. The van der Waals surface area contributed by atoms with E-state index in [1.165, 1.54) is 19.2 Å². The standard InChI is InChI=1S/C12H14FNO4S/c1-18-11(15)12(5-6-12)8-3-4-10(9(13)7-8)14-19(2,16)17/h3-4,7,14H,5-6H2,1-2H3. The molecule has 19 heavy (non-hydrogen) atoms. The second kappa shape index (κ2) is 4.48. The smallest absolute Gasteiger partial charge is 0.316 e. The van der Waals surface area contributed by atoms with Crippen molar-refractivity contribution in [3.8, 4) is 0 Å². The van der Waals surface area contributed by atoms with Gasteiger partial charge in [0, 0.05) is 0 Å². The van der Waals surface area contributed by atoms with Crippen molar-refractivity contribution in [2.75, 3.05) is 18.1 Å². The van der Waals surface area contributed by atoms with Gasteiger partial charge in [-0.25, -0.2) is 12.8 Å². The third-order valence-corrected chi connectivity index (χ3v) is 3.73. The van der Waals surface area contributed by atoms with Crippen LogP contribution < -0.4 is 4.72 Å². The van der Waals surface area contributed by atoms with E-state index < -0.39 is 27.2 Å². The summed E-state index contributed by atoms with van der Waals surface area (Å²) in [6.07, 6.45) is 2.16. The van der Waals surface area contributed by atoms with Gasteiger partial charge in [-0.15, -0.1) is 0 Å². The van der Waals surface area contributed by atoms with Gasteiger partial charge >= 0.3 is 5.97 Å². The predicted octanol–water partition coefficient (Wildman–Crippen LogP) is 1.40. The van der Waals surface area contributed by atoms with Crippen LogP contribution in [0, 0.1) is 5.82 Å². The number of nitrogens with one attached hydrogen (secondary N) is 1. The minimum atomic E-state index is -3.53. The van der Waals surface area contributed by atoms with Crippen molar-refractivity contribution in [2.45, 2.75) is 18.3 Å². The summed E-state index contributed by atoms with van der Waals surface area (Å²) in [4.78, 5) is 11.7. The summed E-state index contributed by atoms with van der Waals surface area (Å²) < 4.78 is 42.7. The third kappa shape index (κ3) is 2.70. The number of anilines is 1. The molecule has 0 amide bonds. The Morgan fingerprint density at radius 3 is 2.47 bits per heavy atom. The van der Waals surface area contributed by atoms with Crippen LogP contribution in [0.1, 0.15) is 18.4 Å². The largest absolute Gasteiger partial charge is 0.468 e. The fourth-order valence-corrected chi connectivity index (χ4v) is 2.59. The number of hydrogen-bond donors (Lipinski definition) is 1. The van der Waals surface area contributed by atoms with Gasteiger partial charge in [0.15, 0.2) is 0 Å². The summed E-state index contributed by atoms with van der Waals surface area (Å²) in [6.45, 7) is 0. The Labute approximate surface area is 110 Å². The molecule has 1 aliphatic rings. The highest BCUT2D eigenvalue weighted by atomic mass is 32.2. The second-order valence-corrected chi connectivity index (χ2v) is 6.39. The first-order valence-corrected chi connectivity index (χ1v) is 7.54. The van der Waals surface area contributed by atoms with Crippen molar-refractivity contribution in [3.63, 3.8) is 0 Å². The van der Waals surface area contributed by atoms with Crippen LogP contribution in [0.5, 0.6) is 0 Å². The van der Waals surface area contributed by atoms with Gasteiger partial charge < -0.3 is 4.74 Å². The fraction of sp³-hybridized carbons (Fsp3) is 0.417. The maximum absolute atomic E-state index is 13.8.